The highest BCUT2D eigenvalue weighted by Crippen LogP contribution is 2.04. The van der Waals surface area contributed by atoms with Crippen LogP contribution in [0.3, 0.4) is 0 Å². The van der Waals surface area contributed by atoms with Gasteiger partial charge in [0.2, 0.25) is 0 Å². The fourth-order valence-corrected chi connectivity index (χ4v) is 1.73. The zero-order valence-electron chi connectivity index (χ0n) is 10.0. The van der Waals surface area contributed by atoms with Gasteiger partial charge in [-0.05, 0) is 12.0 Å². The van der Waals surface area contributed by atoms with Gasteiger partial charge in [-0.3, -0.25) is 4.68 Å². The molecule has 2 aromatic rings. The first-order valence-electron chi connectivity index (χ1n) is 5.77. The number of aryl methyl sites for hydroxylation is 1. The molecule has 0 spiro atoms. The van der Waals surface area contributed by atoms with Crippen molar-refractivity contribution in [1.29, 1.82) is 0 Å². The van der Waals surface area contributed by atoms with E-state index in [1.807, 2.05) is 37.5 Å². The number of rotatable bonds is 5. The molecule has 0 bridgehead atoms. The van der Waals surface area contributed by atoms with E-state index in [4.69, 9.17) is 5.73 Å². The first-order valence-corrected chi connectivity index (χ1v) is 5.77. The van der Waals surface area contributed by atoms with Gasteiger partial charge in [0.25, 0.3) is 0 Å². The summed E-state index contributed by atoms with van der Waals surface area (Å²) >= 11 is 0. The van der Waals surface area contributed by atoms with E-state index in [-0.39, 0.29) is 6.04 Å². The molecule has 3 N–H and O–H groups in total. The molecule has 1 unspecified atom stereocenters. The van der Waals surface area contributed by atoms with Crippen molar-refractivity contribution >= 4 is 5.82 Å². The van der Waals surface area contributed by atoms with Gasteiger partial charge < -0.3 is 11.1 Å². The van der Waals surface area contributed by atoms with Crippen LogP contribution in [0.2, 0.25) is 0 Å². The molecular formula is C13H18N4. The fourth-order valence-electron chi connectivity index (χ4n) is 1.73. The minimum absolute atomic E-state index is 0.0967. The highest BCUT2D eigenvalue weighted by atomic mass is 15.3. The van der Waals surface area contributed by atoms with E-state index in [2.05, 4.69) is 22.5 Å². The second-order valence-corrected chi connectivity index (χ2v) is 4.21. The maximum atomic E-state index is 6.06. The lowest BCUT2D eigenvalue weighted by atomic mass is 10.1. The highest BCUT2D eigenvalue weighted by molar-refractivity contribution is 5.32. The normalized spacial score (nSPS) is 12.4. The van der Waals surface area contributed by atoms with Crippen molar-refractivity contribution in [3.05, 3.63) is 48.2 Å². The van der Waals surface area contributed by atoms with Crippen LogP contribution in [0.5, 0.6) is 0 Å². The summed E-state index contributed by atoms with van der Waals surface area (Å²) in [7, 11) is 1.90. The van der Waals surface area contributed by atoms with E-state index < -0.39 is 0 Å². The minimum atomic E-state index is 0.0967. The molecule has 1 heterocycles. The standard InChI is InChI=1S/C13H18N4/c1-17-8-7-13(16-17)15-10-12(14)9-11-5-3-2-4-6-11/h2-8,12H,9-10,14H2,1H3,(H,15,16). The molecule has 0 amide bonds. The summed E-state index contributed by atoms with van der Waals surface area (Å²) in [4.78, 5) is 0. The van der Waals surface area contributed by atoms with Gasteiger partial charge in [-0.2, -0.15) is 5.10 Å². The Morgan fingerprint density at radius 1 is 1.29 bits per heavy atom. The minimum Gasteiger partial charge on any atom is -0.367 e. The molecule has 4 heteroatoms. The second kappa shape index (κ2) is 5.50. The van der Waals surface area contributed by atoms with Crippen LogP contribution in [0, 0.1) is 0 Å². The van der Waals surface area contributed by atoms with Gasteiger partial charge in [0.15, 0.2) is 0 Å². The molecule has 1 atom stereocenters. The summed E-state index contributed by atoms with van der Waals surface area (Å²) < 4.78 is 1.77. The summed E-state index contributed by atoms with van der Waals surface area (Å²) in [6.07, 6.45) is 2.78. The maximum Gasteiger partial charge on any atom is 0.148 e. The molecule has 0 aliphatic rings. The molecule has 17 heavy (non-hydrogen) atoms. The van der Waals surface area contributed by atoms with E-state index in [0.29, 0.717) is 0 Å². The van der Waals surface area contributed by atoms with Crippen molar-refractivity contribution in [2.75, 3.05) is 11.9 Å². The number of nitrogens with zero attached hydrogens (tertiary/aromatic N) is 2. The predicted molar refractivity (Wildman–Crippen MR) is 69.8 cm³/mol. The lowest BCUT2D eigenvalue weighted by Gasteiger charge is -2.12. The van der Waals surface area contributed by atoms with E-state index in [1.165, 1.54) is 5.56 Å². The lowest BCUT2D eigenvalue weighted by molar-refractivity contribution is 0.693. The third-order valence-electron chi connectivity index (χ3n) is 2.60. The van der Waals surface area contributed by atoms with Crippen LogP contribution in [0.25, 0.3) is 0 Å². The molecular weight excluding hydrogens is 212 g/mol. The number of hydrogen-bond donors (Lipinski definition) is 2. The molecule has 0 saturated carbocycles. The Morgan fingerprint density at radius 2 is 2.06 bits per heavy atom. The van der Waals surface area contributed by atoms with Crippen molar-refractivity contribution in [3.8, 4) is 0 Å². The van der Waals surface area contributed by atoms with Crippen molar-refractivity contribution < 1.29 is 0 Å². The number of hydrogen-bond acceptors (Lipinski definition) is 3. The number of nitrogens with two attached hydrogens (primary N) is 1. The van der Waals surface area contributed by atoms with E-state index >= 15 is 0 Å². The Labute approximate surface area is 101 Å². The second-order valence-electron chi connectivity index (χ2n) is 4.21. The van der Waals surface area contributed by atoms with Crippen LogP contribution >= 0.6 is 0 Å². The number of aromatic nitrogens is 2. The third kappa shape index (κ3) is 3.60. The maximum absolute atomic E-state index is 6.06. The Balaban J connectivity index is 1.80. The van der Waals surface area contributed by atoms with Crippen molar-refractivity contribution in [2.45, 2.75) is 12.5 Å². The predicted octanol–water partition coefficient (Wildman–Crippen LogP) is 1.40. The summed E-state index contributed by atoms with van der Waals surface area (Å²) in [5.74, 6) is 0.871. The average Bonchev–Trinajstić information content (AvgIpc) is 2.74. The monoisotopic (exact) mass is 230 g/mol. The molecule has 0 aliphatic heterocycles. The SMILES string of the molecule is Cn1ccc(NCC(N)Cc2ccccc2)n1. The van der Waals surface area contributed by atoms with E-state index in [9.17, 15) is 0 Å². The van der Waals surface area contributed by atoms with Crippen LogP contribution in [-0.2, 0) is 13.5 Å². The number of anilines is 1. The Kier molecular flexibility index (Phi) is 3.77. The number of benzene rings is 1. The fraction of sp³-hybridized carbons (Fsp3) is 0.308. The highest BCUT2D eigenvalue weighted by Gasteiger charge is 2.04. The Hall–Kier alpha value is -1.81. The van der Waals surface area contributed by atoms with Gasteiger partial charge in [0.05, 0.1) is 0 Å². The molecule has 1 aromatic heterocycles. The van der Waals surface area contributed by atoms with Crippen molar-refractivity contribution in [2.24, 2.45) is 12.8 Å². The van der Waals surface area contributed by atoms with Crippen LogP contribution < -0.4 is 11.1 Å². The topological polar surface area (TPSA) is 55.9 Å². The van der Waals surface area contributed by atoms with Crippen LogP contribution in [-0.4, -0.2) is 22.4 Å². The van der Waals surface area contributed by atoms with Gasteiger partial charge in [-0.15, -0.1) is 0 Å². The van der Waals surface area contributed by atoms with E-state index in [0.717, 1.165) is 18.8 Å². The van der Waals surface area contributed by atoms with Gasteiger partial charge in [0, 0.05) is 31.9 Å². The first-order chi connectivity index (χ1) is 8.24. The Morgan fingerprint density at radius 3 is 2.71 bits per heavy atom. The quantitative estimate of drug-likeness (QED) is 0.816. The molecule has 0 aliphatic carbocycles. The van der Waals surface area contributed by atoms with E-state index in [1.54, 1.807) is 4.68 Å². The first kappa shape index (κ1) is 11.7. The van der Waals surface area contributed by atoms with Crippen molar-refractivity contribution in [1.82, 2.24) is 9.78 Å². The summed E-state index contributed by atoms with van der Waals surface area (Å²) in [5.41, 5.74) is 7.33. The average molecular weight is 230 g/mol. The Bertz CT molecular complexity index is 449. The molecule has 0 fully saturated rings. The van der Waals surface area contributed by atoms with Crippen molar-refractivity contribution in [3.63, 3.8) is 0 Å². The van der Waals surface area contributed by atoms with Gasteiger partial charge in [-0.1, -0.05) is 30.3 Å². The molecule has 4 nitrogen and oxygen atoms in total. The van der Waals surface area contributed by atoms with Crippen LogP contribution in [0.4, 0.5) is 5.82 Å². The smallest absolute Gasteiger partial charge is 0.148 e. The third-order valence-corrected chi connectivity index (χ3v) is 2.60. The van der Waals surface area contributed by atoms with Crippen LogP contribution in [0.1, 0.15) is 5.56 Å². The summed E-state index contributed by atoms with van der Waals surface area (Å²) in [6, 6.07) is 12.3. The lowest BCUT2D eigenvalue weighted by Crippen LogP contribution is -2.31. The van der Waals surface area contributed by atoms with Gasteiger partial charge in [-0.25, -0.2) is 0 Å². The van der Waals surface area contributed by atoms with Gasteiger partial charge in [0.1, 0.15) is 5.82 Å². The molecule has 0 radical (unpaired) electrons. The molecule has 1 aromatic carbocycles. The van der Waals surface area contributed by atoms with Gasteiger partial charge >= 0.3 is 0 Å². The molecule has 2 rings (SSSR count). The molecule has 0 saturated heterocycles. The largest absolute Gasteiger partial charge is 0.367 e. The zero-order valence-corrected chi connectivity index (χ0v) is 10.0. The molecule has 90 valence electrons. The summed E-state index contributed by atoms with van der Waals surface area (Å²) in [5, 5.41) is 7.47. The summed E-state index contributed by atoms with van der Waals surface area (Å²) in [6.45, 7) is 0.728. The van der Waals surface area contributed by atoms with Crippen LogP contribution in [0.15, 0.2) is 42.6 Å². The number of nitrogens with one attached hydrogen (secondary N) is 1. The zero-order chi connectivity index (χ0) is 12.1.